The van der Waals surface area contributed by atoms with E-state index < -0.39 is 0 Å². The van der Waals surface area contributed by atoms with Gasteiger partial charge in [-0.15, -0.1) is 0 Å². The van der Waals surface area contributed by atoms with E-state index in [9.17, 15) is 0 Å². The maximum absolute atomic E-state index is 2.51. The Morgan fingerprint density at radius 1 is 0.647 bits per heavy atom. The first kappa shape index (κ1) is 17.0. The van der Waals surface area contributed by atoms with Gasteiger partial charge >= 0.3 is 0 Å². The molecule has 0 bridgehead atoms. The third-order valence-electron chi connectivity index (χ3n) is 4.78. The summed E-state index contributed by atoms with van der Waals surface area (Å²) in [5.74, 6) is 4.20. The molecule has 0 N–H and O–H groups in total. The lowest BCUT2D eigenvalue weighted by Crippen LogP contribution is -2.31. The minimum atomic E-state index is 0.999. The molecular weight excluding hydrogens is 204 g/mol. The molecule has 0 aromatic heterocycles. The smallest absolute Gasteiger partial charge is 0.0358 e. The van der Waals surface area contributed by atoms with Gasteiger partial charge in [0.2, 0.25) is 0 Å². The highest BCUT2D eigenvalue weighted by atomic mass is 14.4. The lowest BCUT2D eigenvalue weighted by atomic mass is 9.66. The molecule has 0 aromatic rings. The van der Waals surface area contributed by atoms with Crippen molar-refractivity contribution in [2.75, 3.05) is 0 Å². The zero-order valence-electron chi connectivity index (χ0n) is 13.3. The van der Waals surface area contributed by atoms with E-state index in [0.29, 0.717) is 0 Å². The second kappa shape index (κ2) is 9.97. The first-order chi connectivity index (χ1) is 8.29. The van der Waals surface area contributed by atoms with Crippen LogP contribution in [0.2, 0.25) is 0 Å². The summed E-state index contributed by atoms with van der Waals surface area (Å²) < 4.78 is 0. The molecule has 17 heavy (non-hydrogen) atoms. The second-order valence-electron chi connectivity index (χ2n) is 5.48. The average molecular weight is 240 g/mol. The van der Waals surface area contributed by atoms with Crippen LogP contribution < -0.4 is 0 Å². The monoisotopic (exact) mass is 240 g/mol. The van der Waals surface area contributed by atoms with E-state index in [1.54, 1.807) is 6.42 Å². The fourth-order valence-corrected chi connectivity index (χ4v) is 3.63. The summed E-state index contributed by atoms with van der Waals surface area (Å²) in [5.41, 5.74) is 0. The Kier molecular flexibility index (Phi) is 9.97. The molecular formula is C17H36. The zero-order chi connectivity index (χ0) is 13.3. The van der Waals surface area contributed by atoms with Crippen LogP contribution in [0.5, 0.6) is 0 Å². The molecule has 0 spiro atoms. The van der Waals surface area contributed by atoms with Crippen molar-refractivity contribution in [2.45, 2.75) is 86.5 Å². The summed E-state index contributed by atoms with van der Waals surface area (Å²) in [4.78, 5) is 0. The van der Waals surface area contributed by atoms with E-state index in [4.69, 9.17) is 0 Å². The third kappa shape index (κ3) is 5.02. The Labute approximate surface area is 111 Å². The molecule has 0 radical (unpaired) electrons. The summed E-state index contributed by atoms with van der Waals surface area (Å²) >= 11 is 0. The van der Waals surface area contributed by atoms with Gasteiger partial charge in [0, 0.05) is 0 Å². The van der Waals surface area contributed by atoms with Crippen LogP contribution in [-0.2, 0) is 0 Å². The third-order valence-corrected chi connectivity index (χ3v) is 4.78. The fourth-order valence-electron chi connectivity index (χ4n) is 3.63. The van der Waals surface area contributed by atoms with Crippen LogP contribution in [-0.4, -0.2) is 0 Å². The fraction of sp³-hybridized carbons (Fsp3) is 1.00. The van der Waals surface area contributed by atoms with Crippen molar-refractivity contribution in [2.24, 2.45) is 23.7 Å². The molecule has 0 amide bonds. The highest BCUT2D eigenvalue weighted by Crippen LogP contribution is 2.44. The average Bonchev–Trinajstić information content (AvgIpc) is 2.64. The summed E-state index contributed by atoms with van der Waals surface area (Å²) in [7, 11) is 0. The van der Waals surface area contributed by atoms with Crippen molar-refractivity contribution < 1.29 is 0 Å². The van der Waals surface area contributed by atoms with Crippen LogP contribution in [0.25, 0.3) is 0 Å². The van der Waals surface area contributed by atoms with Gasteiger partial charge in [-0.1, -0.05) is 73.6 Å². The van der Waals surface area contributed by atoms with Gasteiger partial charge in [-0.05, 0) is 36.5 Å². The van der Waals surface area contributed by atoms with Gasteiger partial charge in [0.15, 0.2) is 0 Å². The van der Waals surface area contributed by atoms with Gasteiger partial charge in [0.1, 0.15) is 0 Å². The molecule has 2 aliphatic carbocycles. The SMILES string of the molecule is CC.CC.CC1CCC2CCCCCC2C1C. The first-order valence-corrected chi connectivity index (χ1v) is 8.29. The highest BCUT2D eigenvalue weighted by molar-refractivity contribution is 4.85. The van der Waals surface area contributed by atoms with Crippen molar-refractivity contribution in [3.8, 4) is 0 Å². The lowest BCUT2D eigenvalue weighted by Gasteiger charge is -2.39. The number of fused-ring (bicyclic) bond motifs is 1. The van der Waals surface area contributed by atoms with Crippen LogP contribution in [0.4, 0.5) is 0 Å². The molecule has 2 rings (SSSR count). The van der Waals surface area contributed by atoms with Crippen LogP contribution in [0.3, 0.4) is 0 Å². The van der Waals surface area contributed by atoms with Crippen LogP contribution in [0.1, 0.15) is 86.5 Å². The molecule has 0 nitrogen and oxygen atoms in total. The standard InChI is InChI=1S/C13H24.2C2H6/c1-10-8-9-12-6-4-3-5-7-13(12)11(10)2;2*1-2/h10-13H,3-9H2,1-2H3;2*1-2H3. The minimum Gasteiger partial charge on any atom is -0.0683 e. The minimum absolute atomic E-state index is 0.999. The first-order valence-electron chi connectivity index (χ1n) is 8.29. The molecule has 0 aromatic carbocycles. The van der Waals surface area contributed by atoms with Gasteiger partial charge < -0.3 is 0 Å². The molecule has 104 valence electrons. The van der Waals surface area contributed by atoms with Crippen molar-refractivity contribution in [1.82, 2.24) is 0 Å². The Balaban J connectivity index is 0.000000581. The Bertz CT molecular complexity index is 161. The Hall–Kier alpha value is 0. The topological polar surface area (TPSA) is 0 Å². The molecule has 0 heteroatoms. The van der Waals surface area contributed by atoms with Gasteiger partial charge in [0.05, 0.1) is 0 Å². The lowest BCUT2D eigenvalue weighted by molar-refractivity contribution is 0.105. The molecule has 0 aliphatic heterocycles. The summed E-state index contributed by atoms with van der Waals surface area (Å²) in [6.07, 6.45) is 10.7. The molecule has 0 saturated heterocycles. The van der Waals surface area contributed by atoms with Gasteiger partial charge in [-0.3, -0.25) is 0 Å². The van der Waals surface area contributed by atoms with Crippen LogP contribution in [0, 0.1) is 23.7 Å². The normalized spacial score (nSPS) is 36.4. The number of rotatable bonds is 0. The molecule has 4 unspecified atom stereocenters. The van der Waals surface area contributed by atoms with E-state index in [1.165, 1.54) is 38.5 Å². The van der Waals surface area contributed by atoms with Crippen LogP contribution in [0.15, 0.2) is 0 Å². The van der Waals surface area contributed by atoms with Crippen LogP contribution >= 0.6 is 0 Å². The second-order valence-corrected chi connectivity index (χ2v) is 5.48. The molecule has 2 saturated carbocycles. The predicted octanol–water partition coefficient (Wildman–Crippen LogP) is 6.30. The predicted molar refractivity (Wildman–Crippen MR) is 80.3 cm³/mol. The largest absolute Gasteiger partial charge is 0.0683 e. The van der Waals surface area contributed by atoms with Crippen molar-refractivity contribution >= 4 is 0 Å². The van der Waals surface area contributed by atoms with Gasteiger partial charge in [-0.25, -0.2) is 0 Å². The molecule has 2 fully saturated rings. The van der Waals surface area contributed by atoms with E-state index in [-0.39, 0.29) is 0 Å². The zero-order valence-corrected chi connectivity index (χ0v) is 13.3. The highest BCUT2D eigenvalue weighted by Gasteiger charge is 2.34. The van der Waals surface area contributed by atoms with Crippen molar-refractivity contribution in [1.29, 1.82) is 0 Å². The number of hydrogen-bond donors (Lipinski definition) is 0. The van der Waals surface area contributed by atoms with E-state index in [0.717, 1.165) is 23.7 Å². The maximum Gasteiger partial charge on any atom is -0.0358 e. The quantitative estimate of drug-likeness (QED) is 0.466. The van der Waals surface area contributed by atoms with Crippen molar-refractivity contribution in [3.05, 3.63) is 0 Å². The Morgan fingerprint density at radius 2 is 1.24 bits per heavy atom. The van der Waals surface area contributed by atoms with E-state index in [1.807, 2.05) is 27.7 Å². The van der Waals surface area contributed by atoms with Gasteiger partial charge in [0.25, 0.3) is 0 Å². The van der Waals surface area contributed by atoms with Crippen molar-refractivity contribution in [3.63, 3.8) is 0 Å². The molecule has 4 atom stereocenters. The summed E-state index contributed by atoms with van der Waals surface area (Å²) in [5, 5.41) is 0. The summed E-state index contributed by atoms with van der Waals surface area (Å²) in [6, 6.07) is 0. The Morgan fingerprint density at radius 3 is 1.88 bits per heavy atom. The molecule has 2 aliphatic rings. The van der Waals surface area contributed by atoms with E-state index >= 15 is 0 Å². The molecule has 0 heterocycles. The maximum atomic E-state index is 2.51. The van der Waals surface area contributed by atoms with E-state index in [2.05, 4.69) is 13.8 Å². The summed E-state index contributed by atoms with van der Waals surface area (Å²) in [6.45, 7) is 13.0. The number of hydrogen-bond acceptors (Lipinski definition) is 0. The van der Waals surface area contributed by atoms with Gasteiger partial charge in [-0.2, -0.15) is 0 Å².